The number of hydrogen-bond donors (Lipinski definition) is 0. The second-order valence-corrected chi connectivity index (χ2v) is 13.9. The highest BCUT2D eigenvalue weighted by Gasteiger charge is 2.23. The quantitative estimate of drug-likeness (QED) is 0.0712. The third-order valence-corrected chi connectivity index (χ3v) is 9.68. The van der Waals surface area contributed by atoms with Crippen LogP contribution in [0.4, 0.5) is 0 Å². The van der Waals surface area contributed by atoms with Crippen LogP contribution in [0.15, 0.2) is 121 Å². The zero-order valence-corrected chi connectivity index (χ0v) is 32.2. The van der Waals surface area contributed by atoms with Gasteiger partial charge < -0.3 is 28.4 Å². The van der Waals surface area contributed by atoms with Gasteiger partial charge in [0.15, 0.2) is 12.2 Å². The van der Waals surface area contributed by atoms with Crippen LogP contribution in [0.1, 0.15) is 37.8 Å². The Labute approximate surface area is 326 Å². The minimum atomic E-state index is -0.687. The van der Waals surface area contributed by atoms with E-state index in [4.69, 9.17) is 28.4 Å². The predicted octanol–water partition coefficient (Wildman–Crippen LogP) is 10.5. The van der Waals surface area contributed by atoms with Crippen LogP contribution in [-0.2, 0) is 19.1 Å². The molecule has 0 aliphatic carbocycles. The maximum atomic E-state index is 12.6. The van der Waals surface area contributed by atoms with E-state index in [1.165, 1.54) is 0 Å². The molecule has 0 bridgehead atoms. The van der Waals surface area contributed by atoms with Gasteiger partial charge in [-0.1, -0.05) is 122 Å². The summed E-state index contributed by atoms with van der Waals surface area (Å²) in [6.45, 7) is 7.91. The van der Waals surface area contributed by atoms with Gasteiger partial charge in [-0.3, -0.25) is 9.59 Å². The van der Waals surface area contributed by atoms with E-state index in [0.29, 0.717) is 23.0 Å². The highest BCUT2D eigenvalue weighted by molar-refractivity contribution is 6.11. The van der Waals surface area contributed by atoms with E-state index in [0.717, 1.165) is 54.2 Å². The van der Waals surface area contributed by atoms with Gasteiger partial charge in [0.25, 0.3) is 0 Å². The second-order valence-electron chi connectivity index (χ2n) is 13.9. The van der Waals surface area contributed by atoms with Gasteiger partial charge in [0.05, 0.1) is 0 Å². The molecule has 0 aromatic heterocycles. The zero-order chi connectivity index (χ0) is 39.0. The summed E-state index contributed by atoms with van der Waals surface area (Å²) in [5.41, 5.74) is 2.07. The van der Waals surface area contributed by atoms with E-state index in [2.05, 4.69) is 12.1 Å². The van der Waals surface area contributed by atoms with E-state index in [-0.39, 0.29) is 51.2 Å². The number of ether oxygens (including phenoxy) is 6. The molecule has 0 aliphatic rings. The van der Waals surface area contributed by atoms with E-state index in [1.54, 1.807) is 13.8 Å². The number of fused-ring (bicyclic) bond motifs is 4. The molecule has 8 nitrogen and oxygen atoms in total. The fraction of sp³-hybridized carbons (Fsp3) is 0.250. The predicted molar refractivity (Wildman–Crippen MR) is 221 cm³/mol. The highest BCUT2D eigenvalue weighted by Crippen LogP contribution is 2.44. The molecule has 0 aliphatic heterocycles. The molecule has 56 heavy (non-hydrogen) atoms. The van der Waals surface area contributed by atoms with Crippen LogP contribution in [0.25, 0.3) is 43.1 Å². The SMILES string of the molecule is CCC(=O)OC(COc1cccc2ccccc12)COc1c2ccc(C)cc2c(OCC(COc2cccc3ccccc23)OC(=O)CC)c2ccc(C)cc12. The van der Waals surface area contributed by atoms with Crippen LogP contribution in [0.3, 0.4) is 0 Å². The number of esters is 2. The second kappa shape index (κ2) is 17.5. The Bertz CT molecular complexity index is 2320. The highest BCUT2D eigenvalue weighted by atomic mass is 16.6. The summed E-state index contributed by atoms with van der Waals surface area (Å²) in [6.07, 6.45) is -0.923. The third-order valence-electron chi connectivity index (χ3n) is 9.68. The average Bonchev–Trinajstić information content (AvgIpc) is 3.22. The largest absolute Gasteiger partial charge is 0.489 e. The summed E-state index contributed by atoms with van der Waals surface area (Å²) in [7, 11) is 0. The first-order valence-corrected chi connectivity index (χ1v) is 19.1. The number of rotatable bonds is 16. The summed E-state index contributed by atoms with van der Waals surface area (Å²) in [4.78, 5) is 25.2. The van der Waals surface area contributed by atoms with E-state index >= 15 is 0 Å². The Morgan fingerprint density at radius 3 is 1.27 bits per heavy atom. The molecular weight excluding hydrogens is 705 g/mol. The van der Waals surface area contributed by atoms with Crippen LogP contribution >= 0.6 is 0 Å². The van der Waals surface area contributed by atoms with E-state index in [1.807, 2.05) is 123 Å². The number of carbonyl (C=O) groups excluding carboxylic acids is 2. The van der Waals surface area contributed by atoms with Gasteiger partial charge in [-0.05, 0) is 48.9 Å². The molecule has 7 aromatic rings. The molecule has 0 radical (unpaired) electrons. The Balaban J connectivity index is 1.18. The number of benzene rings is 7. The van der Waals surface area contributed by atoms with Gasteiger partial charge in [-0.15, -0.1) is 0 Å². The van der Waals surface area contributed by atoms with Crippen molar-refractivity contribution in [3.63, 3.8) is 0 Å². The smallest absolute Gasteiger partial charge is 0.306 e. The lowest BCUT2D eigenvalue weighted by Gasteiger charge is -2.23. The molecule has 286 valence electrons. The van der Waals surface area contributed by atoms with Crippen molar-refractivity contribution in [1.29, 1.82) is 0 Å². The minimum Gasteiger partial charge on any atom is -0.489 e. The van der Waals surface area contributed by atoms with Gasteiger partial charge in [0.2, 0.25) is 0 Å². The normalized spacial score (nSPS) is 12.4. The van der Waals surface area contributed by atoms with Crippen LogP contribution < -0.4 is 18.9 Å². The maximum Gasteiger partial charge on any atom is 0.306 e. The molecule has 0 saturated carbocycles. The van der Waals surface area contributed by atoms with Crippen LogP contribution in [0.2, 0.25) is 0 Å². The molecule has 7 aromatic carbocycles. The van der Waals surface area contributed by atoms with Crippen molar-refractivity contribution in [2.45, 2.75) is 52.7 Å². The molecule has 0 spiro atoms. The Morgan fingerprint density at radius 2 is 0.839 bits per heavy atom. The van der Waals surface area contributed by atoms with E-state index in [9.17, 15) is 9.59 Å². The van der Waals surface area contributed by atoms with Gasteiger partial charge >= 0.3 is 11.9 Å². The lowest BCUT2D eigenvalue weighted by Crippen LogP contribution is -2.31. The summed E-state index contributed by atoms with van der Waals surface area (Å²) in [6, 6.07) is 40.0. The van der Waals surface area contributed by atoms with Gasteiger partial charge in [-0.2, -0.15) is 0 Å². The van der Waals surface area contributed by atoms with Gasteiger partial charge in [-0.25, -0.2) is 0 Å². The van der Waals surface area contributed by atoms with Gasteiger partial charge in [0, 0.05) is 45.2 Å². The first kappa shape index (κ1) is 38.0. The first-order chi connectivity index (χ1) is 27.3. The number of hydrogen-bond acceptors (Lipinski definition) is 8. The maximum absolute atomic E-state index is 12.6. The van der Waals surface area contributed by atoms with Crippen molar-refractivity contribution >= 4 is 55.0 Å². The Morgan fingerprint density at radius 1 is 0.446 bits per heavy atom. The summed E-state index contributed by atoms with van der Waals surface area (Å²) >= 11 is 0. The van der Waals surface area contributed by atoms with Crippen molar-refractivity contribution < 1.29 is 38.0 Å². The lowest BCUT2D eigenvalue weighted by atomic mass is 9.97. The molecular formula is C48H46O8. The Kier molecular flexibility index (Phi) is 11.8. The lowest BCUT2D eigenvalue weighted by molar-refractivity contribution is -0.152. The molecule has 7 rings (SSSR count). The fourth-order valence-corrected chi connectivity index (χ4v) is 6.82. The van der Waals surface area contributed by atoms with Crippen LogP contribution in [0.5, 0.6) is 23.0 Å². The molecule has 0 fully saturated rings. The van der Waals surface area contributed by atoms with Crippen molar-refractivity contribution in [2.24, 2.45) is 0 Å². The molecule has 2 unspecified atom stereocenters. The zero-order valence-electron chi connectivity index (χ0n) is 32.2. The van der Waals surface area contributed by atoms with Crippen molar-refractivity contribution in [3.8, 4) is 23.0 Å². The average molecular weight is 751 g/mol. The summed E-state index contributed by atoms with van der Waals surface area (Å²) in [5.74, 6) is 2.01. The molecule has 0 heterocycles. The Hall–Kier alpha value is -6.28. The molecule has 0 N–H and O–H groups in total. The fourth-order valence-electron chi connectivity index (χ4n) is 6.82. The molecule has 0 amide bonds. The monoisotopic (exact) mass is 750 g/mol. The van der Waals surface area contributed by atoms with Crippen molar-refractivity contribution in [3.05, 3.63) is 132 Å². The molecule has 0 saturated heterocycles. The van der Waals surface area contributed by atoms with E-state index < -0.39 is 12.2 Å². The summed E-state index contributed by atoms with van der Waals surface area (Å²) in [5, 5.41) is 7.38. The van der Waals surface area contributed by atoms with Crippen molar-refractivity contribution in [2.75, 3.05) is 26.4 Å². The number of aryl methyl sites for hydroxylation is 2. The topological polar surface area (TPSA) is 89.5 Å². The third kappa shape index (κ3) is 8.65. The van der Waals surface area contributed by atoms with Crippen LogP contribution in [-0.4, -0.2) is 50.6 Å². The summed E-state index contributed by atoms with van der Waals surface area (Å²) < 4.78 is 37.6. The minimum absolute atomic E-state index is 0.0588. The number of carbonyl (C=O) groups is 2. The van der Waals surface area contributed by atoms with Gasteiger partial charge in [0.1, 0.15) is 49.4 Å². The first-order valence-electron chi connectivity index (χ1n) is 19.1. The standard InChI is InChI=1S/C48H46O8/c1-5-45(49)55-35(27-51-43-19-11-15-33-13-7-9-17-37(33)43)29-53-47-39-23-21-32(4)26-42(39)48(40-24-22-31(3)25-41(40)47)54-30-36(56-46(50)6-2)28-52-44-20-12-16-34-14-8-10-18-38(34)44/h7-26,35-36H,5-6,27-30H2,1-4H3. The van der Waals surface area contributed by atoms with Crippen molar-refractivity contribution in [1.82, 2.24) is 0 Å². The van der Waals surface area contributed by atoms with Crippen LogP contribution in [0, 0.1) is 13.8 Å². The molecule has 2 atom stereocenters. The molecule has 8 heteroatoms.